The Labute approximate surface area is 201 Å². The molecule has 10 nitrogen and oxygen atoms in total. The molecule has 0 spiro atoms. The molecule has 3 aromatic heterocycles. The summed E-state index contributed by atoms with van der Waals surface area (Å²) < 4.78 is 25.5. The molecule has 11 heteroatoms. The van der Waals surface area contributed by atoms with Crippen LogP contribution in [0.1, 0.15) is 32.4 Å². The van der Waals surface area contributed by atoms with Gasteiger partial charge in [-0.2, -0.15) is 4.98 Å². The second kappa shape index (κ2) is 9.41. The predicted molar refractivity (Wildman–Crippen MR) is 128 cm³/mol. The third kappa shape index (κ3) is 5.29. The number of hydrogen-bond acceptors (Lipinski definition) is 9. The van der Waals surface area contributed by atoms with Gasteiger partial charge in [-0.25, -0.2) is 14.4 Å². The van der Waals surface area contributed by atoms with Gasteiger partial charge in [0.15, 0.2) is 28.8 Å². The van der Waals surface area contributed by atoms with Crippen molar-refractivity contribution < 1.29 is 18.7 Å². The van der Waals surface area contributed by atoms with Crippen LogP contribution in [0.25, 0.3) is 0 Å². The van der Waals surface area contributed by atoms with E-state index < -0.39 is 11.4 Å². The summed E-state index contributed by atoms with van der Waals surface area (Å²) in [5.74, 6) is 0.718. The van der Waals surface area contributed by atoms with E-state index in [1.807, 2.05) is 12.1 Å². The van der Waals surface area contributed by atoms with E-state index in [9.17, 15) is 9.18 Å². The van der Waals surface area contributed by atoms with Gasteiger partial charge in [0.2, 0.25) is 5.95 Å². The number of aromatic nitrogens is 4. The van der Waals surface area contributed by atoms with Crippen molar-refractivity contribution in [3.8, 4) is 5.75 Å². The maximum atomic E-state index is 14.4. The van der Waals surface area contributed by atoms with Crippen LogP contribution in [0.15, 0.2) is 36.7 Å². The molecule has 0 radical (unpaired) electrons. The molecule has 0 aliphatic carbocycles. The van der Waals surface area contributed by atoms with E-state index >= 15 is 0 Å². The SMILES string of the molecule is CC1(C)Oc2ccc(Nc3nc(Nc4ccc(CC5CCOCC5)nc4)ncc3F)nc2NC1=O. The molecule has 0 aromatic carbocycles. The summed E-state index contributed by atoms with van der Waals surface area (Å²) in [5.41, 5.74) is 0.705. The lowest BCUT2D eigenvalue weighted by Gasteiger charge is -2.30. The van der Waals surface area contributed by atoms with Crippen LogP contribution in [0.2, 0.25) is 0 Å². The number of halogens is 1. The van der Waals surface area contributed by atoms with Crippen molar-refractivity contribution in [2.45, 2.75) is 38.7 Å². The highest BCUT2D eigenvalue weighted by Gasteiger charge is 2.36. The van der Waals surface area contributed by atoms with Gasteiger partial charge in [0.25, 0.3) is 5.91 Å². The van der Waals surface area contributed by atoms with Crippen LogP contribution in [0.4, 0.5) is 33.5 Å². The Morgan fingerprint density at radius 2 is 1.91 bits per heavy atom. The highest BCUT2D eigenvalue weighted by molar-refractivity contribution is 5.99. The highest BCUT2D eigenvalue weighted by atomic mass is 19.1. The fraction of sp³-hybridized carbons (Fsp3) is 0.375. The van der Waals surface area contributed by atoms with Gasteiger partial charge >= 0.3 is 0 Å². The Balaban J connectivity index is 1.26. The van der Waals surface area contributed by atoms with E-state index in [1.54, 1.807) is 32.2 Å². The standard InChI is InChI=1S/C24H26FN7O3/c1-24(2)22(33)31-21-18(35-24)5-6-19(30-21)29-20-17(25)13-27-23(32-20)28-16-4-3-15(26-12-16)11-14-7-9-34-10-8-14/h3-6,12-14H,7-11H2,1-2H3,(H3,27,28,29,30,31,32,33). The van der Waals surface area contributed by atoms with Gasteiger partial charge in [-0.15, -0.1) is 0 Å². The summed E-state index contributed by atoms with van der Waals surface area (Å²) in [6, 6.07) is 7.13. The molecule has 2 aliphatic rings. The van der Waals surface area contributed by atoms with Gasteiger partial charge in [0.05, 0.1) is 18.1 Å². The quantitative estimate of drug-likeness (QED) is 0.482. The largest absolute Gasteiger partial charge is 0.474 e. The Hall–Kier alpha value is -3.86. The fourth-order valence-electron chi connectivity index (χ4n) is 3.90. The van der Waals surface area contributed by atoms with Crippen LogP contribution in [0.3, 0.4) is 0 Å². The number of nitrogens with zero attached hydrogens (tertiary/aromatic N) is 4. The Morgan fingerprint density at radius 1 is 1.09 bits per heavy atom. The van der Waals surface area contributed by atoms with Crippen molar-refractivity contribution in [3.63, 3.8) is 0 Å². The molecule has 2 aliphatic heterocycles. The number of ether oxygens (including phenoxy) is 2. The van der Waals surface area contributed by atoms with Gasteiger partial charge in [0.1, 0.15) is 5.82 Å². The summed E-state index contributed by atoms with van der Waals surface area (Å²) in [6.07, 6.45) is 5.80. The molecule has 182 valence electrons. The van der Waals surface area contributed by atoms with Gasteiger partial charge in [-0.05, 0) is 63.3 Å². The number of amides is 1. The monoisotopic (exact) mass is 479 g/mol. The first-order valence-electron chi connectivity index (χ1n) is 11.5. The lowest BCUT2D eigenvalue weighted by Crippen LogP contribution is -2.46. The number of carbonyl (C=O) groups is 1. The smallest absolute Gasteiger partial charge is 0.269 e. The predicted octanol–water partition coefficient (Wildman–Crippen LogP) is 3.97. The van der Waals surface area contributed by atoms with E-state index in [2.05, 4.69) is 35.9 Å². The van der Waals surface area contributed by atoms with Crippen molar-refractivity contribution in [2.75, 3.05) is 29.2 Å². The van der Waals surface area contributed by atoms with Crippen LogP contribution in [-0.4, -0.2) is 44.7 Å². The van der Waals surface area contributed by atoms with Gasteiger partial charge in [0, 0.05) is 18.9 Å². The van der Waals surface area contributed by atoms with E-state index in [0.717, 1.165) is 44.4 Å². The Kier molecular flexibility index (Phi) is 6.16. The molecular weight excluding hydrogens is 453 g/mol. The maximum Gasteiger partial charge on any atom is 0.269 e. The average Bonchev–Trinajstić information content (AvgIpc) is 2.84. The Morgan fingerprint density at radius 3 is 2.69 bits per heavy atom. The van der Waals surface area contributed by atoms with E-state index in [4.69, 9.17) is 9.47 Å². The molecule has 5 heterocycles. The molecule has 1 fully saturated rings. The number of hydrogen-bond donors (Lipinski definition) is 3. The lowest BCUT2D eigenvalue weighted by atomic mass is 9.95. The first kappa shape index (κ1) is 22.9. The topological polar surface area (TPSA) is 123 Å². The number of pyridine rings is 2. The number of nitrogens with one attached hydrogen (secondary N) is 3. The minimum Gasteiger partial charge on any atom is -0.474 e. The Bertz CT molecular complexity index is 1230. The zero-order valence-electron chi connectivity index (χ0n) is 19.5. The van der Waals surface area contributed by atoms with Crippen molar-refractivity contribution in [1.29, 1.82) is 0 Å². The van der Waals surface area contributed by atoms with E-state index in [-0.39, 0.29) is 29.3 Å². The molecule has 5 rings (SSSR count). The van der Waals surface area contributed by atoms with Crippen LogP contribution >= 0.6 is 0 Å². The summed E-state index contributed by atoms with van der Waals surface area (Å²) in [6.45, 7) is 4.95. The molecule has 0 atom stereocenters. The van der Waals surface area contributed by atoms with Crippen molar-refractivity contribution in [2.24, 2.45) is 5.92 Å². The van der Waals surface area contributed by atoms with Crippen LogP contribution in [0, 0.1) is 11.7 Å². The number of fused-ring (bicyclic) bond motifs is 1. The summed E-state index contributed by atoms with van der Waals surface area (Å²) in [7, 11) is 0. The number of anilines is 5. The van der Waals surface area contributed by atoms with Crippen molar-refractivity contribution in [3.05, 3.63) is 48.2 Å². The fourth-order valence-corrected chi connectivity index (χ4v) is 3.90. The number of rotatable bonds is 6. The minimum absolute atomic E-state index is 0.0672. The maximum absolute atomic E-state index is 14.4. The summed E-state index contributed by atoms with van der Waals surface area (Å²) in [4.78, 5) is 29.2. The van der Waals surface area contributed by atoms with Crippen molar-refractivity contribution in [1.82, 2.24) is 19.9 Å². The number of carbonyl (C=O) groups excluding carboxylic acids is 1. The van der Waals surface area contributed by atoms with Crippen LogP contribution < -0.4 is 20.7 Å². The highest BCUT2D eigenvalue weighted by Crippen LogP contribution is 2.33. The summed E-state index contributed by atoms with van der Waals surface area (Å²) >= 11 is 0. The van der Waals surface area contributed by atoms with Gasteiger partial charge < -0.3 is 25.4 Å². The van der Waals surface area contributed by atoms with Gasteiger partial charge in [-0.3, -0.25) is 9.78 Å². The van der Waals surface area contributed by atoms with Crippen molar-refractivity contribution >= 4 is 35.0 Å². The molecule has 0 bridgehead atoms. The first-order chi connectivity index (χ1) is 16.9. The average molecular weight is 480 g/mol. The molecule has 0 saturated carbocycles. The molecule has 3 aromatic rings. The lowest BCUT2D eigenvalue weighted by molar-refractivity contribution is -0.129. The molecule has 1 saturated heterocycles. The first-order valence-corrected chi connectivity index (χ1v) is 11.5. The van der Waals surface area contributed by atoms with Crippen LogP contribution in [-0.2, 0) is 16.0 Å². The van der Waals surface area contributed by atoms with Crippen LogP contribution in [0.5, 0.6) is 5.75 Å². The zero-order chi connectivity index (χ0) is 24.4. The zero-order valence-corrected chi connectivity index (χ0v) is 19.5. The second-order valence-corrected chi connectivity index (χ2v) is 9.05. The molecule has 35 heavy (non-hydrogen) atoms. The second-order valence-electron chi connectivity index (χ2n) is 9.05. The summed E-state index contributed by atoms with van der Waals surface area (Å²) in [5, 5.41) is 8.57. The third-order valence-electron chi connectivity index (χ3n) is 5.91. The molecule has 3 N–H and O–H groups in total. The van der Waals surface area contributed by atoms with E-state index in [0.29, 0.717) is 17.4 Å². The third-order valence-corrected chi connectivity index (χ3v) is 5.91. The molecule has 0 unspecified atom stereocenters. The minimum atomic E-state index is -0.999. The van der Waals surface area contributed by atoms with E-state index in [1.165, 1.54) is 0 Å². The molecular formula is C24H26FN7O3. The van der Waals surface area contributed by atoms with Gasteiger partial charge in [-0.1, -0.05) is 0 Å². The molecule has 1 amide bonds. The normalized spacial score (nSPS) is 17.2.